The molecule has 16 heteroatoms. The average Bonchev–Trinajstić information content (AvgIpc) is 3.72. The quantitative estimate of drug-likeness (QED) is 0.0945. The van der Waals surface area contributed by atoms with Crippen LogP contribution in [-0.4, -0.2) is 76.1 Å². The van der Waals surface area contributed by atoms with Crippen molar-refractivity contribution in [2.45, 2.75) is 140 Å². The molecular weight excluding hydrogens is 700 g/mol. The van der Waals surface area contributed by atoms with Crippen molar-refractivity contribution >= 4 is 36.0 Å². The van der Waals surface area contributed by atoms with Gasteiger partial charge in [-0.2, -0.15) is 13.2 Å². The molecule has 1 aromatic carbocycles. The number of fused-ring (bicyclic) bond motifs is 1. The third-order valence-electron chi connectivity index (χ3n) is 9.29. The lowest BCUT2D eigenvalue weighted by molar-refractivity contribution is -0.227. The van der Waals surface area contributed by atoms with Crippen LogP contribution in [0.15, 0.2) is 18.2 Å². The zero-order valence-electron chi connectivity index (χ0n) is 30.2. The van der Waals surface area contributed by atoms with E-state index in [0.29, 0.717) is 23.2 Å². The number of carbonyl (C=O) groups excluding carboxylic acids is 1. The lowest BCUT2D eigenvalue weighted by Crippen LogP contribution is -2.47. The number of nitrogens with zero attached hydrogens (tertiary/aromatic N) is 2. The number of alkyl halides is 5. The van der Waals surface area contributed by atoms with Crippen molar-refractivity contribution in [1.82, 2.24) is 14.3 Å². The lowest BCUT2D eigenvalue weighted by atomic mass is 9.67. The predicted molar refractivity (Wildman–Crippen MR) is 186 cm³/mol. The Hall–Kier alpha value is -1.98. The van der Waals surface area contributed by atoms with E-state index in [2.05, 4.69) is 24.4 Å². The molecule has 1 aromatic heterocycles. The molecule has 6 atom stereocenters. The summed E-state index contributed by atoms with van der Waals surface area (Å²) in [6, 6.07) is 5.09. The van der Waals surface area contributed by atoms with Crippen LogP contribution in [0.4, 0.5) is 22.0 Å². The first kappa shape index (κ1) is 40.8. The van der Waals surface area contributed by atoms with Crippen LogP contribution in [0.2, 0.25) is 25.7 Å². The average molecular weight is 753 g/mol. The number of hydrogen-bond donors (Lipinski definition) is 2. The van der Waals surface area contributed by atoms with Crippen LogP contribution in [0, 0.1) is 11.8 Å². The van der Waals surface area contributed by atoms with Gasteiger partial charge in [-0.05, 0) is 77.1 Å². The van der Waals surface area contributed by atoms with Crippen molar-refractivity contribution in [1.29, 1.82) is 0 Å². The van der Waals surface area contributed by atoms with Crippen LogP contribution in [0.25, 0.3) is 11.0 Å². The minimum Gasteiger partial charge on any atom is -0.378 e. The van der Waals surface area contributed by atoms with E-state index in [-0.39, 0.29) is 25.3 Å². The number of nitrogens with two attached hydrogens (primary N) is 1. The number of ether oxygens (including phenoxy) is 3. The number of aromatic nitrogens is 2. The predicted octanol–water partition coefficient (Wildman–Crippen LogP) is 7.21. The summed E-state index contributed by atoms with van der Waals surface area (Å²) < 4.78 is 104. The summed E-state index contributed by atoms with van der Waals surface area (Å²) in [4.78, 5) is 17.7. The molecule has 284 valence electrons. The molecule has 4 rings (SSSR count). The maximum Gasteiger partial charge on any atom is 0.414 e. The molecular formula is C34H53F5N4O5SSi. The second kappa shape index (κ2) is 15.5. The number of hydrogen-bond acceptors (Lipinski definition) is 6. The summed E-state index contributed by atoms with van der Waals surface area (Å²) in [7, 11) is -3.19. The molecule has 2 aromatic rings. The maximum atomic E-state index is 14.0. The van der Waals surface area contributed by atoms with Crippen molar-refractivity contribution in [3.63, 3.8) is 0 Å². The molecule has 9 nitrogen and oxygen atoms in total. The van der Waals surface area contributed by atoms with Crippen LogP contribution in [-0.2, 0) is 36.7 Å². The highest BCUT2D eigenvalue weighted by molar-refractivity contribution is 7.84. The molecule has 3 N–H and O–H groups in total. The molecule has 0 saturated heterocycles. The van der Waals surface area contributed by atoms with E-state index in [1.165, 1.54) is 6.92 Å². The van der Waals surface area contributed by atoms with Gasteiger partial charge in [0.05, 0.1) is 51.5 Å². The van der Waals surface area contributed by atoms with Gasteiger partial charge >= 0.3 is 6.18 Å². The van der Waals surface area contributed by atoms with Crippen molar-refractivity contribution in [2.24, 2.45) is 17.6 Å². The first-order valence-corrected chi connectivity index (χ1v) is 22.1. The summed E-state index contributed by atoms with van der Waals surface area (Å²) >= 11 is 0. The topological polar surface area (TPSA) is 118 Å². The number of rotatable bonds is 18. The molecule has 0 bridgehead atoms. The van der Waals surface area contributed by atoms with Crippen LogP contribution >= 0.6 is 0 Å². The molecule has 1 amide bonds. The smallest absolute Gasteiger partial charge is 0.378 e. The minimum absolute atomic E-state index is 0.00677. The Bertz CT molecular complexity index is 1500. The highest BCUT2D eigenvalue weighted by Crippen LogP contribution is 2.50. The first-order valence-electron chi connectivity index (χ1n) is 17.2. The van der Waals surface area contributed by atoms with E-state index in [0.717, 1.165) is 25.8 Å². The van der Waals surface area contributed by atoms with E-state index in [1.54, 1.807) is 43.5 Å². The fraction of sp³-hybridized carbons (Fsp3) is 0.765. The molecule has 2 saturated carbocycles. The molecule has 0 spiro atoms. The van der Waals surface area contributed by atoms with E-state index in [4.69, 9.17) is 24.9 Å². The SMILES string of the molecule is C[C@H](O[C@H](C)[C@H](N[S@](=O)C(C)(C)C)c1nc2cc([C@@H](COC3CC3)C(C(N)=O)C3CC(F)(F)C3)ccc2n1COCC[Si](C)(C)C)C(F)(F)F. The first-order chi connectivity index (χ1) is 23.0. The summed E-state index contributed by atoms with van der Waals surface area (Å²) in [6.07, 6.45) is -6.99. The number of halogens is 5. The van der Waals surface area contributed by atoms with Crippen molar-refractivity contribution in [3.8, 4) is 0 Å². The van der Waals surface area contributed by atoms with Gasteiger partial charge in [0.2, 0.25) is 11.8 Å². The maximum absolute atomic E-state index is 14.0. The van der Waals surface area contributed by atoms with Crippen molar-refractivity contribution in [2.75, 3.05) is 13.2 Å². The molecule has 0 radical (unpaired) electrons. The molecule has 2 aliphatic carbocycles. The third-order valence-corrected chi connectivity index (χ3v) is 12.6. The van der Waals surface area contributed by atoms with Gasteiger partial charge in [0.15, 0.2) is 6.10 Å². The Balaban J connectivity index is 1.80. The zero-order chi connectivity index (χ0) is 37.4. The molecule has 1 heterocycles. The number of benzene rings is 1. The van der Waals surface area contributed by atoms with E-state index < -0.39 is 90.7 Å². The van der Waals surface area contributed by atoms with Crippen molar-refractivity contribution < 1.29 is 45.2 Å². The molecule has 50 heavy (non-hydrogen) atoms. The normalized spacial score (nSPS) is 21.0. The zero-order valence-corrected chi connectivity index (χ0v) is 32.1. The summed E-state index contributed by atoms with van der Waals surface area (Å²) in [6.45, 7) is 14.8. The van der Waals surface area contributed by atoms with Gasteiger partial charge in [0.25, 0.3) is 0 Å². The van der Waals surface area contributed by atoms with Gasteiger partial charge in [-0.3, -0.25) is 4.79 Å². The Labute approximate surface area is 295 Å². The second-order valence-corrected chi connectivity index (χ2v) is 23.7. The lowest BCUT2D eigenvalue weighted by Gasteiger charge is -2.41. The van der Waals surface area contributed by atoms with Gasteiger partial charge in [-0.15, -0.1) is 0 Å². The molecule has 1 unspecified atom stereocenters. The minimum atomic E-state index is -4.63. The highest BCUT2D eigenvalue weighted by Gasteiger charge is 2.52. The van der Waals surface area contributed by atoms with Gasteiger partial charge < -0.3 is 24.5 Å². The number of nitrogens with one attached hydrogen (secondary N) is 1. The Morgan fingerprint density at radius 3 is 2.32 bits per heavy atom. The number of amides is 1. The Morgan fingerprint density at radius 2 is 1.80 bits per heavy atom. The number of imidazole rings is 1. The number of primary amides is 1. The van der Waals surface area contributed by atoms with E-state index in [1.807, 2.05) is 0 Å². The molecule has 2 fully saturated rings. The summed E-state index contributed by atoms with van der Waals surface area (Å²) in [5.41, 5.74) is 7.48. The molecule has 2 aliphatic rings. The van der Waals surface area contributed by atoms with E-state index in [9.17, 15) is 31.0 Å². The van der Waals surface area contributed by atoms with Crippen LogP contribution < -0.4 is 10.5 Å². The third kappa shape index (κ3) is 10.8. The highest BCUT2D eigenvalue weighted by atomic mass is 32.2. The fourth-order valence-electron chi connectivity index (χ4n) is 6.03. The fourth-order valence-corrected chi connectivity index (χ4v) is 7.67. The van der Waals surface area contributed by atoms with Gasteiger partial charge in [-0.1, -0.05) is 25.7 Å². The van der Waals surface area contributed by atoms with Gasteiger partial charge in [0.1, 0.15) is 18.6 Å². The molecule has 0 aliphatic heterocycles. The van der Waals surface area contributed by atoms with Gasteiger partial charge in [0, 0.05) is 33.4 Å². The van der Waals surface area contributed by atoms with Crippen molar-refractivity contribution in [3.05, 3.63) is 29.6 Å². The monoisotopic (exact) mass is 752 g/mol. The van der Waals surface area contributed by atoms with E-state index >= 15 is 0 Å². The number of carbonyl (C=O) groups is 1. The van der Waals surface area contributed by atoms with Crippen LogP contribution in [0.3, 0.4) is 0 Å². The van der Waals surface area contributed by atoms with Gasteiger partial charge in [-0.25, -0.2) is 22.7 Å². The summed E-state index contributed by atoms with van der Waals surface area (Å²) in [5.74, 6) is -5.44. The van der Waals surface area contributed by atoms with Crippen LogP contribution in [0.5, 0.6) is 0 Å². The largest absolute Gasteiger partial charge is 0.414 e. The summed E-state index contributed by atoms with van der Waals surface area (Å²) in [5, 5.41) is 0. The standard InChI is InChI=1S/C34H53F5N4O5SSi/c1-20(48-21(2)34(37,38)39)29(42-49(45)32(3,4)5)31-41-26-15-22(9-12-27(26)43(31)19-46-13-14-50(6,7)8)25(18-47-24-10-11-24)28(30(40)44)23-16-33(35,36)17-23/h9,12,15,20-21,23-25,28-29,42H,10-11,13-14,16-19H2,1-8H3,(H2,40,44)/t20-,21+,25-,28?,29+,49-/m1/s1. The Kier molecular flexibility index (Phi) is 12.7. The Morgan fingerprint density at radius 1 is 1.16 bits per heavy atom. The second-order valence-electron chi connectivity index (χ2n) is 16.1. The van der Waals surface area contributed by atoms with Crippen LogP contribution in [0.1, 0.15) is 83.6 Å².